The zero-order valence-corrected chi connectivity index (χ0v) is 14.4. The van der Waals surface area contributed by atoms with Crippen molar-refractivity contribution < 1.29 is 19.2 Å². The Bertz CT molecular complexity index is 777. The third-order valence-corrected chi connectivity index (χ3v) is 3.73. The molecule has 1 amide bonds. The number of amides is 1. The molecule has 1 unspecified atom stereocenters. The molecule has 2 aromatic carbocycles. The van der Waals surface area contributed by atoms with Crippen molar-refractivity contribution in [2.45, 2.75) is 32.3 Å². The van der Waals surface area contributed by atoms with Crippen LogP contribution >= 0.6 is 0 Å². The molecule has 136 valence electrons. The molecule has 7 heteroatoms. The van der Waals surface area contributed by atoms with E-state index in [-0.39, 0.29) is 23.3 Å². The Hall–Kier alpha value is -3.22. The molecular weight excluding hydrogens is 336 g/mol. The van der Waals surface area contributed by atoms with Crippen LogP contribution in [-0.2, 0) is 4.79 Å². The van der Waals surface area contributed by atoms with Crippen LogP contribution in [0.1, 0.15) is 36.5 Å². The van der Waals surface area contributed by atoms with E-state index in [0.29, 0.717) is 31.3 Å². The van der Waals surface area contributed by atoms with E-state index in [1.165, 1.54) is 18.2 Å². The standard InChI is InChI=1S/C19H20N2O5/c1-14(6-5-9-19(23)20-16-7-3-2-4-8-16)26-17-11-10-15(13-22)18(12-17)21(24)25/h2-4,7-8,10-14H,5-6,9H2,1H3,(H,20,23). The van der Waals surface area contributed by atoms with Crippen LogP contribution < -0.4 is 10.1 Å². The highest BCUT2D eigenvalue weighted by atomic mass is 16.6. The van der Waals surface area contributed by atoms with Crippen molar-refractivity contribution in [2.75, 3.05) is 5.32 Å². The lowest BCUT2D eigenvalue weighted by Crippen LogP contribution is -2.15. The number of carbonyl (C=O) groups excluding carboxylic acids is 2. The van der Waals surface area contributed by atoms with Crippen molar-refractivity contribution in [2.24, 2.45) is 0 Å². The second kappa shape index (κ2) is 9.31. The summed E-state index contributed by atoms with van der Waals surface area (Å²) in [4.78, 5) is 33.0. The van der Waals surface area contributed by atoms with Crippen molar-refractivity contribution >= 4 is 23.6 Å². The number of hydrogen-bond acceptors (Lipinski definition) is 5. The van der Waals surface area contributed by atoms with Gasteiger partial charge < -0.3 is 10.1 Å². The zero-order chi connectivity index (χ0) is 18.9. The summed E-state index contributed by atoms with van der Waals surface area (Å²) in [7, 11) is 0. The van der Waals surface area contributed by atoms with Gasteiger partial charge in [0, 0.05) is 12.1 Å². The Kier molecular flexibility index (Phi) is 6.84. The number of nitrogens with zero attached hydrogens (tertiary/aromatic N) is 1. The number of para-hydroxylation sites is 1. The number of nitro benzene ring substituents is 1. The number of hydrogen-bond donors (Lipinski definition) is 1. The summed E-state index contributed by atoms with van der Waals surface area (Å²) in [6.45, 7) is 1.83. The first-order valence-corrected chi connectivity index (χ1v) is 8.24. The average molecular weight is 356 g/mol. The van der Waals surface area contributed by atoms with E-state index < -0.39 is 4.92 Å². The molecule has 0 saturated carbocycles. The fourth-order valence-electron chi connectivity index (χ4n) is 2.44. The van der Waals surface area contributed by atoms with Gasteiger partial charge >= 0.3 is 0 Å². The van der Waals surface area contributed by atoms with Crippen LogP contribution in [0.4, 0.5) is 11.4 Å². The van der Waals surface area contributed by atoms with Gasteiger partial charge in [0.1, 0.15) is 5.75 Å². The Morgan fingerprint density at radius 1 is 1.27 bits per heavy atom. The summed E-state index contributed by atoms with van der Waals surface area (Å²) in [5.41, 5.74) is 0.476. The monoisotopic (exact) mass is 356 g/mol. The first kappa shape index (κ1) is 19.1. The molecule has 2 rings (SSSR count). The van der Waals surface area contributed by atoms with E-state index in [9.17, 15) is 19.7 Å². The van der Waals surface area contributed by atoms with E-state index in [4.69, 9.17) is 4.74 Å². The second-order valence-electron chi connectivity index (χ2n) is 5.83. The molecule has 1 atom stereocenters. The molecule has 0 aliphatic rings. The highest BCUT2D eigenvalue weighted by molar-refractivity contribution is 5.90. The van der Waals surface area contributed by atoms with Crippen molar-refractivity contribution in [3.63, 3.8) is 0 Å². The largest absolute Gasteiger partial charge is 0.490 e. The fourth-order valence-corrected chi connectivity index (χ4v) is 2.44. The summed E-state index contributed by atoms with van der Waals surface area (Å²) in [6, 6.07) is 13.3. The predicted octanol–water partition coefficient (Wildman–Crippen LogP) is 3.98. The molecule has 0 heterocycles. The normalized spacial score (nSPS) is 11.4. The Labute approximate surface area is 151 Å². The number of aldehydes is 1. The van der Waals surface area contributed by atoms with E-state index >= 15 is 0 Å². The number of nitrogens with one attached hydrogen (secondary N) is 1. The van der Waals surface area contributed by atoms with Crippen LogP contribution in [0.5, 0.6) is 5.75 Å². The number of nitro groups is 1. The van der Waals surface area contributed by atoms with Gasteiger partial charge in [-0.3, -0.25) is 19.7 Å². The summed E-state index contributed by atoms with van der Waals surface area (Å²) >= 11 is 0. The molecule has 26 heavy (non-hydrogen) atoms. The van der Waals surface area contributed by atoms with Crippen LogP contribution in [0, 0.1) is 10.1 Å². The first-order chi connectivity index (χ1) is 12.5. The van der Waals surface area contributed by atoms with Gasteiger partial charge in [-0.25, -0.2) is 0 Å². The Morgan fingerprint density at radius 2 is 2.00 bits per heavy atom. The maximum absolute atomic E-state index is 11.9. The van der Waals surface area contributed by atoms with Crippen LogP contribution in [0.2, 0.25) is 0 Å². The molecule has 0 bridgehead atoms. The molecular formula is C19H20N2O5. The molecule has 7 nitrogen and oxygen atoms in total. The lowest BCUT2D eigenvalue weighted by molar-refractivity contribution is -0.385. The predicted molar refractivity (Wildman–Crippen MR) is 97.5 cm³/mol. The Balaban J connectivity index is 1.80. The molecule has 0 fully saturated rings. The highest BCUT2D eigenvalue weighted by Crippen LogP contribution is 2.25. The van der Waals surface area contributed by atoms with Crippen molar-refractivity contribution in [1.29, 1.82) is 0 Å². The van der Waals surface area contributed by atoms with Gasteiger partial charge in [0.25, 0.3) is 5.69 Å². The summed E-state index contributed by atoms with van der Waals surface area (Å²) in [5, 5.41) is 13.8. The van der Waals surface area contributed by atoms with E-state index in [1.807, 2.05) is 37.3 Å². The summed E-state index contributed by atoms with van der Waals surface area (Å²) < 4.78 is 5.65. The molecule has 0 saturated heterocycles. The SMILES string of the molecule is CC(CCCC(=O)Nc1ccccc1)Oc1ccc(C=O)c([N+](=O)[O-])c1. The van der Waals surface area contributed by atoms with Crippen LogP contribution in [-0.4, -0.2) is 23.2 Å². The molecule has 0 spiro atoms. The maximum Gasteiger partial charge on any atom is 0.283 e. The number of rotatable bonds is 9. The van der Waals surface area contributed by atoms with Gasteiger partial charge in [0.2, 0.25) is 5.91 Å². The van der Waals surface area contributed by atoms with Crippen molar-refractivity contribution in [3.8, 4) is 5.75 Å². The topological polar surface area (TPSA) is 98.5 Å². The third kappa shape index (κ3) is 5.70. The van der Waals surface area contributed by atoms with E-state index in [0.717, 1.165) is 5.69 Å². The highest BCUT2D eigenvalue weighted by Gasteiger charge is 2.16. The van der Waals surface area contributed by atoms with Gasteiger partial charge in [-0.05, 0) is 44.0 Å². The van der Waals surface area contributed by atoms with E-state index in [2.05, 4.69) is 5.32 Å². The number of carbonyl (C=O) groups is 2. The van der Waals surface area contributed by atoms with Crippen LogP contribution in [0.15, 0.2) is 48.5 Å². The molecule has 0 aliphatic carbocycles. The third-order valence-electron chi connectivity index (χ3n) is 3.73. The summed E-state index contributed by atoms with van der Waals surface area (Å²) in [6.07, 6.45) is 1.81. The van der Waals surface area contributed by atoms with Crippen molar-refractivity contribution in [3.05, 3.63) is 64.2 Å². The van der Waals surface area contributed by atoms with Crippen LogP contribution in [0.3, 0.4) is 0 Å². The average Bonchev–Trinajstić information content (AvgIpc) is 2.62. The van der Waals surface area contributed by atoms with Gasteiger partial charge in [-0.1, -0.05) is 18.2 Å². The first-order valence-electron chi connectivity index (χ1n) is 8.24. The minimum Gasteiger partial charge on any atom is -0.490 e. The van der Waals surface area contributed by atoms with Gasteiger partial charge in [-0.15, -0.1) is 0 Å². The zero-order valence-electron chi connectivity index (χ0n) is 14.4. The quantitative estimate of drug-likeness (QED) is 0.416. The smallest absolute Gasteiger partial charge is 0.283 e. The number of benzene rings is 2. The molecule has 2 aromatic rings. The van der Waals surface area contributed by atoms with Gasteiger partial charge in [0.15, 0.2) is 6.29 Å². The Morgan fingerprint density at radius 3 is 2.65 bits per heavy atom. The lowest BCUT2D eigenvalue weighted by atomic mass is 10.1. The minimum absolute atomic E-state index is 0.00702. The summed E-state index contributed by atoms with van der Waals surface area (Å²) in [5.74, 6) is 0.248. The molecule has 1 N–H and O–H groups in total. The number of anilines is 1. The molecule has 0 radical (unpaired) electrons. The van der Waals surface area contributed by atoms with Gasteiger partial charge in [0.05, 0.1) is 22.7 Å². The van der Waals surface area contributed by atoms with Gasteiger partial charge in [-0.2, -0.15) is 0 Å². The van der Waals surface area contributed by atoms with Crippen LogP contribution in [0.25, 0.3) is 0 Å². The fraction of sp³-hybridized carbons (Fsp3) is 0.263. The maximum atomic E-state index is 11.9. The van der Waals surface area contributed by atoms with E-state index in [1.54, 1.807) is 0 Å². The molecule has 0 aromatic heterocycles. The lowest BCUT2D eigenvalue weighted by Gasteiger charge is -2.14. The van der Waals surface area contributed by atoms with Crippen molar-refractivity contribution in [1.82, 2.24) is 0 Å². The number of ether oxygens (including phenoxy) is 1. The second-order valence-corrected chi connectivity index (χ2v) is 5.83. The molecule has 0 aliphatic heterocycles. The minimum atomic E-state index is -0.616.